The number of amides is 1. The molecule has 0 radical (unpaired) electrons. The Hall–Kier alpha value is -1.49. The lowest BCUT2D eigenvalue weighted by Gasteiger charge is -2.43. The fourth-order valence-corrected chi connectivity index (χ4v) is 6.35. The average Bonchev–Trinajstić information content (AvgIpc) is 3.07. The summed E-state index contributed by atoms with van der Waals surface area (Å²) in [6.07, 6.45) is 1.59. The van der Waals surface area contributed by atoms with Gasteiger partial charge in [-0.25, -0.2) is 21.1 Å². The van der Waals surface area contributed by atoms with E-state index >= 15 is 0 Å². The number of piperidine rings is 1. The van der Waals surface area contributed by atoms with E-state index in [1.54, 1.807) is 23.1 Å². The maximum atomic E-state index is 12.6. The molecule has 2 heterocycles. The SMILES string of the molecule is CS(=O)(=O)N1C[C@@H]2CCN(C(=O)CCS(=O)(=O)c3ccccc3)C[C@]2(CO)C1. The number of benzene rings is 1. The number of hydrogen-bond donors (Lipinski definition) is 1. The summed E-state index contributed by atoms with van der Waals surface area (Å²) in [5.74, 6) is -0.579. The zero-order valence-electron chi connectivity index (χ0n) is 15.8. The van der Waals surface area contributed by atoms with Gasteiger partial charge < -0.3 is 10.0 Å². The van der Waals surface area contributed by atoms with Crippen LogP contribution in [0.25, 0.3) is 0 Å². The van der Waals surface area contributed by atoms with Crippen LogP contribution in [0.15, 0.2) is 35.2 Å². The molecule has 156 valence electrons. The monoisotopic (exact) mass is 430 g/mol. The van der Waals surface area contributed by atoms with Gasteiger partial charge in [0.1, 0.15) is 0 Å². The smallest absolute Gasteiger partial charge is 0.223 e. The first kappa shape index (κ1) is 21.2. The van der Waals surface area contributed by atoms with Gasteiger partial charge >= 0.3 is 0 Å². The van der Waals surface area contributed by atoms with Crippen molar-refractivity contribution >= 4 is 25.8 Å². The van der Waals surface area contributed by atoms with Crippen LogP contribution in [0.2, 0.25) is 0 Å². The normalized spacial score (nSPS) is 26.2. The number of sulfonamides is 1. The van der Waals surface area contributed by atoms with Crippen molar-refractivity contribution in [2.75, 3.05) is 44.8 Å². The lowest BCUT2D eigenvalue weighted by molar-refractivity contribution is -0.136. The van der Waals surface area contributed by atoms with Crippen molar-refractivity contribution in [1.29, 1.82) is 0 Å². The molecular formula is C18H26N2O6S2. The maximum absolute atomic E-state index is 12.6. The van der Waals surface area contributed by atoms with Gasteiger partial charge in [0.25, 0.3) is 0 Å². The largest absolute Gasteiger partial charge is 0.396 e. The Kier molecular flexibility index (Phi) is 5.86. The molecule has 2 aliphatic heterocycles. The zero-order valence-corrected chi connectivity index (χ0v) is 17.5. The molecular weight excluding hydrogens is 404 g/mol. The van der Waals surface area contributed by atoms with Crippen molar-refractivity contribution in [3.05, 3.63) is 30.3 Å². The fraction of sp³-hybridized carbons (Fsp3) is 0.611. The molecule has 28 heavy (non-hydrogen) atoms. The molecule has 2 saturated heterocycles. The number of likely N-dealkylation sites (tertiary alicyclic amines) is 1. The second-order valence-corrected chi connectivity index (χ2v) is 11.9. The number of nitrogens with zero attached hydrogens (tertiary/aromatic N) is 2. The van der Waals surface area contributed by atoms with E-state index in [1.807, 2.05) is 0 Å². The zero-order chi connectivity index (χ0) is 20.6. The van der Waals surface area contributed by atoms with E-state index in [9.17, 15) is 26.7 Å². The van der Waals surface area contributed by atoms with Crippen LogP contribution in [0, 0.1) is 11.3 Å². The molecule has 10 heteroatoms. The van der Waals surface area contributed by atoms with Crippen molar-refractivity contribution in [1.82, 2.24) is 9.21 Å². The Morgan fingerprint density at radius 3 is 2.46 bits per heavy atom. The van der Waals surface area contributed by atoms with E-state index in [-0.39, 0.29) is 48.6 Å². The molecule has 0 saturated carbocycles. The Balaban J connectivity index is 1.66. The summed E-state index contributed by atoms with van der Waals surface area (Å²) in [5, 5.41) is 9.99. The number of carbonyl (C=O) groups excluding carboxylic acids is 1. The Morgan fingerprint density at radius 1 is 1.18 bits per heavy atom. The molecule has 1 N–H and O–H groups in total. The third kappa shape index (κ3) is 4.24. The summed E-state index contributed by atoms with van der Waals surface area (Å²) >= 11 is 0. The van der Waals surface area contributed by atoms with Crippen molar-refractivity contribution in [3.8, 4) is 0 Å². The van der Waals surface area contributed by atoms with Gasteiger partial charge in [0.05, 0.1) is 23.5 Å². The van der Waals surface area contributed by atoms with Crippen molar-refractivity contribution in [2.45, 2.75) is 17.7 Å². The number of hydrogen-bond acceptors (Lipinski definition) is 6. The third-order valence-corrected chi connectivity index (χ3v) is 8.81. The van der Waals surface area contributed by atoms with E-state index in [1.165, 1.54) is 16.4 Å². The summed E-state index contributed by atoms with van der Waals surface area (Å²) in [6.45, 7) is 0.997. The molecule has 2 atom stereocenters. The van der Waals surface area contributed by atoms with Gasteiger partial charge in [-0.15, -0.1) is 0 Å². The minimum absolute atomic E-state index is 0.00988. The molecule has 0 aliphatic carbocycles. The molecule has 1 aromatic carbocycles. The van der Waals surface area contributed by atoms with Gasteiger partial charge in [0, 0.05) is 38.0 Å². The third-order valence-electron chi connectivity index (χ3n) is 5.86. The van der Waals surface area contributed by atoms with E-state index in [4.69, 9.17) is 0 Å². The van der Waals surface area contributed by atoms with E-state index in [0.29, 0.717) is 19.5 Å². The van der Waals surface area contributed by atoms with Gasteiger partial charge in [0.2, 0.25) is 15.9 Å². The standard InChI is InChI=1S/C18H26N2O6S2/c1-27(23,24)20-11-15-7-9-19(12-18(15,13-20)14-21)17(22)8-10-28(25,26)16-5-3-2-4-6-16/h2-6,15,21H,7-14H2,1H3/t15-,18+/m0/s1. The maximum Gasteiger partial charge on any atom is 0.223 e. The molecule has 1 amide bonds. The predicted octanol–water partition coefficient (Wildman–Crippen LogP) is -0.0472. The van der Waals surface area contributed by atoms with E-state index in [2.05, 4.69) is 0 Å². The summed E-state index contributed by atoms with van der Waals surface area (Å²) in [5.41, 5.74) is -0.685. The van der Waals surface area contributed by atoms with Crippen LogP contribution in [0.1, 0.15) is 12.8 Å². The number of aliphatic hydroxyl groups is 1. The molecule has 8 nitrogen and oxygen atoms in total. The first-order valence-electron chi connectivity index (χ1n) is 9.19. The highest BCUT2D eigenvalue weighted by molar-refractivity contribution is 7.91. The van der Waals surface area contributed by atoms with Crippen LogP contribution in [-0.4, -0.2) is 81.8 Å². The molecule has 0 aromatic heterocycles. The Bertz CT molecular complexity index is 932. The number of rotatable bonds is 6. The highest BCUT2D eigenvalue weighted by Gasteiger charge is 2.52. The lowest BCUT2D eigenvalue weighted by atomic mass is 9.74. The van der Waals surface area contributed by atoms with Crippen LogP contribution < -0.4 is 0 Å². The number of carbonyl (C=O) groups is 1. The summed E-state index contributed by atoms with van der Waals surface area (Å²) in [7, 11) is -6.91. The van der Waals surface area contributed by atoms with Crippen molar-refractivity contribution in [3.63, 3.8) is 0 Å². The Morgan fingerprint density at radius 2 is 1.86 bits per heavy atom. The van der Waals surface area contributed by atoms with Gasteiger partial charge in [-0.3, -0.25) is 4.79 Å². The lowest BCUT2D eigenvalue weighted by Crippen LogP contribution is -2.52. The van der Waals surface area contributed by atoms with Gasteiger partial charge in [-0.1, -0.05) is 18.2 Å². The molecule has 0 unspecified atom stereocenters. The minimum Gasteiger partial charge on any atom is -0.396 e. The molecule has 0 spiro atoms. The highest BCUT2D eigenvalue weighted by Crippen LogP contribution is 2.42. The second kappa shape index (κ2) is 7.74. The van der Waals surface area contributed by atoms with Crippen LogP contribution in [0.4, 0.5) is 0 Å². The van der Waals surface area contributed by atoms with E-state index < -0.39 is 25.3 Å². The fourth-order valence-electron chi connectivity index (χ4n) is 4.15. The van der Waals surface area contributed by atoms with E-state index in [0.717, 1.165) is 6.26 Å². The first-order valence-corrected chi connectivity index (χ1v) is 12.7. The van der Waals surface area contributed by atoms with Crippen LogP contribution in [0.5, 0.6) is 0 Å². The quantitative estimate of drug-likeness (QED) is 0.677. The van der Waals surface area contributed by atoms with Gasteiger partial charge in [-0.2, -0.15) is 0 Å². The summed E-state index contributed by atoms with van der Waals surface area (Å²) in [4.78, 5) is 14.4. The van der Waals surface area contributed by atoms with Crippen LogP contribution in [-0.2, 0) is 24.7 Å². The highest BCUT2D eigenvalue weighted by atomic mass is 32.2. The van der Waals surface area contributed by atoms with Crippen molar-refractivity contribution in [2.24, 2.45) is 11.3 Å². The molecule has 1 aromatic rings. The second-order valence-electron chi connectivity index (χ2n) is 7.76. The summed E-state index contributed by atoms with van der Waals surface area (Å²) < 4.78 is 49.9. The molecule has 2 aliphatic rings. The van der Waals surface area contributed by atoms with Crippen molar-refractivity contribution < 1.29 is 26.7 Å². The first-order chi connectivity index (χ1) is 13.1. The van der Waals surface area contributed by atoms with Crippen LogP contribution >= 0.6 is 0 Å². The topological polar surface area (TPSA) is 112 Å². The predicted molar refractivity (Wildman–Crippen MR) is 104 cm³/mol. The number of sulfone groups is 1. The average molecular weight is 431 g/mol. The van der Waals surface area contributed by atoms with Gasteiger partial charge in [-0.05, 0) is 24.5 Å². The molecule has 2 fully saturated rings. The van der Waals surface area contributed by atoms with Crippen LogP contribution in [0.3, 0.4) is 0 Å². The minimum atomic E-state index is -3.54. The number of fused-ring (bicyclic) bond motifs is 1. The molecule has 0 bridgehead atoms. The molecule has 3 rings (SSSR count). The van der Waals surface area contributed by atoms with Gasteiger partial charge in [0.15, 0.2) is 9.84 Å². The number of aliphatic hydroxyl groups excluding tert-OH is 1. The Labute approximate surface area is 166 Å². The summed E-state index contributed by atoms with van der Waals surface area (Å²) in [6, 6.07) is 8.01.